The molecule has 0 amide bonds. The molecular weight excluding hydrogens is 647 g/mol. The number of fused-ring (bicyclic) bond motifs is 5. The van der Waals surface area contributed by atoms with Crippen LogP contribution in [0.2, 0.25) is 0 Å². The lowest BCUT2D eigenvalue weighted by Crippen LogP contribution is -2.00. The quantitative estimate of drug-likeness (QED) is 0.176. The zero-order valence-corrected chi connectivity index (χ0v) is 28.6. The summed E-state index contributed by atoms with van der Waals surface area (Å²) in [7, 11) is 0. The molecule has 0 aliphatic rings. The van der Waals surface area contributed by atoms with E-state index in [0.717, 1.165) is 82.8 Å². The van der Waals surface area contributed by atoms with E-state index in [1.54, 1.807) is 0 Å². The van der Waals surface area contributed by atoms with Gasteiger partial charge in [-0.1, -0.05) is 158 Å². The Bertz CT molecular complexity index is 2830. The number of benzene rings is 8. The van der Waals surface area contributed by atoms with E-state index in [1.165, 1.54) is 0 Å². The average Bonchev–Trinajstić information content (AvgIpc) is 3.64. The summed E-state index contributed by atoms with van der Waals surface area (Å²) in [6.45, 7) is 0. The molecule has 0 spiro atoms. The Labute approximate surface area is 306 Å². The Kier molecular flexibility index (Phi) is 7.43. The molecule has 2 heterocycles. The van der Waals surface area contributed by atoms with E-state index >= 15 is 0 Å². The topological polar surface area (TPSA) is 51.8 Å². The van der Waals surface area contributed by atoms with Crippen molar-refractivity contribution >= 4 is 32.7 Å². The first-order valence-electron chi connectivity index (χ1n) is 17.8. The minimum Gasteiger partial charge on any atom is -0.455 e. The van der Waals surface area contributed by atoms with Gasteiger partial charge in [0, 0.05) is 32.8 Å². The second-order valence-corrected chi connectivity index (χ2v) is 13.3. The Morgan fingerprint density at radius 1 is 0.283 bits per heavy atom. The SMILES string of the molecule is c1ccc(-c2cccc(-c3nc(-c4ccc(-c5ccc6ccc7c8ccccc8oc7c6c5)cc4)nc(-c4cccc(-c5ccccc5)c4)n3)c2)cc1. The normalized spacial score (nSPS) is 11.4. The molecule has 0 unspecified atom stereocenters. The molecule has 0 radical (unpaired) electrons. The van der Waals surface area contributed by atoms with Crippen LogP contribution in [0, 0.1) is 0 Å². The molecule has 4 nitrogen and oxygen atoms in total. The highest BCUT2D eigenvalue weighted by Gasteiger charge is 2.15. The lowest BCUT2D eigenvalue weighted by Gasteiger charge is -2.11. The summed E-state index contributed by atoms with van der Waals surface area (Å²) in [5.74, 6) is 1.87. The Balaban J connectivity index is 1.07. The Hall–Kier alpha value is -7.17. The molecule has 2 aromatic heterocycles. The van der Waals surface area contributed by atoms with E-state index in [4.69, 9.17) is 19.4 Å². The molecule has 10 aromatic rings. The van der Waals surface area contributed by atoms with Crippen LogP contribution >= 0.6 is 0 Å². The molecule has 0 bridgehead atoms. The van der Waals surface area contributed by atoms with Gasteiger partial charge < -0.3 is 4.42 Å². The molecule has 0 atom stereocenters. The van der Waals surface area contributed by atoms with Crippen LogP contribution < -0.4 is 0 Å². The first-order chi connectivity index (χ1) is 26.2. The predicted octanol–water partition coefficient (Wildman–Crippen LogP) is 12.9. The predicted molar refractivity (Wildman–Crippen MR) is 217 cm³/mol. The van der Waals surface area contributed by atoms with Crippen molar-refractivity contribution in [1.82, 2.24) is 15.0 Å². The fourth-order valence-electron chi connectivity index (χ4n) is 7.19. The second kappa shape index (κ2) is 12.9. The maximum Gasteiger partial charge on any atom is 0.164 e. The smallest absolute Gasteiger partial charge is 0.164 e. The van der Waals surface area contributed by atoms with Gasteiger partial charge in [-0.2, -0.15) is 0 Å². The van der Waals surface area contributed by atoms with Crippen molar-refractivity contribution in [3.8, 4) is 67.5 Å². The summed E-state index contributed by atoms with van der Waals surface area (Å²) in [6, 6.07) is 65.2. The minimum absolute atomic E-state index is 0.620. The lowest BCUT2D eigenvalue weighted by molar-refractivity contribution is 0.672. The summed E-state index contributed by atoms with van der Waals surface area (Å²) in [5, 5.41) is 4.51. The number of hydrogen-bond donors (Lipinski definition) is 0. The summed E-state index contributed by atoms with van der Waals surface area (Å²) in [5.41, 5.74) is 11.3. The maximum absolute atomic E-state index is 6.37. The maximum atomic E-state index is 6.37. The average molecular weight is 678 g/mol. The van der Waals surface area contributed by atoms with Crippen LogP contribution in [0.15, 0.2) is 192 Å². The highest BCUT2D eigenvalue weighted by atomic mass is 16.3. The molecule has 53 heavy (non-hydrogen) atoms. The number of aromatic nitrogens is 3. The van der Waals surface area contributed by atoms with Crippen molar-refractivity contribution in [3.63, 3.8) is 0 Å². The van der Waals surface area contributed by atoms with Gasteiger partial charge in [-0.15, -0.1) is 0 Å². The van der Waals surface area contributed by atoms with Gasteiger partial charge in [0.2, 0.25) is 0 Å². The van der Waals surface area contributed by atoms with Crippen LogP contribution in [0.3, 0.4) is 0 Å². The highest BCUT2D eigenvalue weighted by Crippen LogP contribution is 2.36. The van der Waals surface area contributed by atoms with Crippen LogP contribution in [0.1, 0.15) is 0 Å². The highest BCUT2D eigenvalue weighted by molar-refractivity contribution is 6.15. The Morgan fingerprint density at radius 2 is 0.736 bits per heavy atom. The van der Waals surface area contributed by atoms with Crippen molar-refractivity contribution in [3.05, 3.63) is 188 Å². The first kappa shape index (κ1) is 30.6. The van der Waals surface area contributed by atoms with Crippen LogP contribution in [-0.4, -0.2) is 15.0 Å². The van der Waals surface area contributed by atoms with Crippen LogP contribution in [0.5, 0.6) is 0 Å². The van der Waals surface area contributed by atoms with E-state index in [-0.39, 0.29) is 0 Å². The summed E-state index contributed by atoms with van der Waals surface area (Å²) in [6.07, 6.45) is 0. The van der Waals surface area contributed by atoms with Gasteiger partial charge in [0.15, 0.2) is 17.5 Å². The summed E-state index contributed by atoms with van der Waals surface area (Å²) >= 11 is 0. The number of furan rings is 1. The molecule has 248 valence electrons. The molecule has 0 fully saturated rings. The van der Waals surface area contributed by atoms with Gasteiger partial charge in [-0.25, -0.2) is 15.0 Å². The van der Waals surface area contributed by atoms with E-state index in [9.17, 15) is 0 Å². The van der Waals surface area contributed by atoms with Gasteiger partial charge in [-0.3, -0.25) is 0 Å². The van der Waals surface area contributed by atoms with Crippen molar-refractivity contribution < 1.29 is 4.42 Å². The van der Waals surface area contributed by atoms with Gasteiger partial charge in [0.1, 0.15) is 11.2 Å². The molecule has 0 aliphatic heterocycles. The minimum atomic E-state index is 0.620. The number of hydrogen-bond acceptors (Lipinski definition) is 4. The summed E-state index contributed by atoms with van der Waals surface area (Å²) < 4.78 is 6.37. The van der Waals surface area contributed by atoms with Crippen molar-refractivity contribution in [2.75, 3.05) is 0 Å². The largest absolute Gasteiger partial charge is 0.455 e. The third kappa shape index (κ3) is 5.73. The van der Waals surface area contributed by atoms with Crippen molar-refractivity contribution in [2.45, 2.75) is 0 Å². The van der Waals surface area contributed by atoms with Gasteiger partial charge in [0.25, 0.3) is 0 Å². The molecule has 4 heteroatoms. The van der Waals surface area contributed by atoms with E-state index in [2.05, 4.69) is 164 Å². The monoisotopic (exact) mass is 677 g/mol. The second-order valence-electron chi connectivity index (χ2n) is 13.3. The van der Waals surface area contributed by atoms with E-state index in [0.29, 0.717) is 17.5 Å². The van der Waals surface area contributed by atoms with Crippen LogP contribution in [0.25, 0.3) is 100 Å². The fourth-order valence-corrected chi connectivity index (χ4v) is 7.19. The standard InChI is InChI=1S/C49H31N3O/c1-3-11-32(12-4-1)37-15-9-17-40(29-37)48-50-47(51-49(52-48)41-18-10-16-38(30-41)33-13-5-2-6-14-33)36-24-21-34(22-25-36)39-26-23-35-27-28-43-42-19-7-8-20-45(42)53-46(43)44(35)31-39/h1-31H. The molecule has 0 aliphatic carbocycles. The molecule has 0 saturated carbocycles. The van der Waals surface area contributed by atoms with Gasteiger partial charge in [0.05, 0.1) is 0 Å². The molecular formula is C49H31N3O. The van der Waals surface area contributed by atoms with Gasteiger partial charge in [-0.05, 0) is 69.1 Å². The van der Waals surface area contributed by atoms with Crippen molar-refractivity contribution in [2.24, 2.45) is 0 Å². The molecule has 8 aromatic carbocycles. The zero-order valence-electron chi connectivity index (χ0n) is 28.6. The van der Waals surface area contributed by atoms with Crippen LogP contribution in [-0.2, 0) is 0 Å². The first-order valence-corrected chi connectivity index (χ1v) is 17.8. The Morgan fingerprint density at radius 3 is 1.38 bits per heavy atom. The van der Waals surface area contributed by atoms with Crippen LogP contribution in [0.4, 0.5) is 0 Å². The zero-order chi connectivity index (χ0) is 35.1. The number of nitrogens with zero attached hydrogens (tertiary/aromatic N) is 3. The third-order valence-corrected chi connectivity index (χ3v) is 9.93. The van der Waals surface area contributed by atoms with Gasteiger partial charge >= 0.3 is 0 Å². The molecule has 10 rings (SSSR count). The molecule has 0 N–H and O–H groups in total. The molecule has 0 saturated heterocycles. The van der Waals surface area contributed by atoms with Crippen molar-refractivity contribution in [1.29, 1.82) is 0 Å². The lowest BCUT2D eigenvalue weighted by atomic mass is 9.98. The van der Waals surface area contributed by atoms with E-state index < -0.39 is 0 Å². The van der Waals surface area contributed by atoms with E-state index in [1.807, 2.05) is 24.3 Å². The summed E-state index contributed by atoms with van der Waals surface area (Å²) in [4.78, 5) is 15.2. The third-order valence-electron chi connectivity index (χ3n) is 9.93. The number of rotatable bonds is 6. The fraction of sp³-hybridized carbons (Fsp3) is 0. The number of para-hydroxylation sites is 1.